The molecule has 0 aliphatic carbocycles. The summed E-state index contributed by atoms with van der Waals surface area (Å²) in [5.74, 6) is 1.12. The monoisotopic (exact) mass is 494 g/mol. The molecule has 7 nitrogen and oxygen atoms in total. The fourth-order valence-corrected chi connectivity index (χ4v) is 3.70. The van der Waals surface area contributed by atoms with Crippen molar-refractivity contribution < 1.29 is 4.79 Å². The maximum atomic E-state index is 11.8. The topological polar surface area (TPSA) is 63.2 Å². The molecule has 2 saturated heterocycles. The second kappa shape index (κ2) is 12.8. The summed E-state index contributed by atoms with van der Waals surface area (Å²) >= 11 is 0. The van der Waals surface area contributed by atoms with Crippen molar-refractivity contribution in [2.24, 2.45) is 4.99 Å². The van der Waals surface area contributed by atoms with E-state index >= 15 is 0 Å². The normalized spacial score (nSPS) is 23.0. The van der Waals surface area contributed by atoms with Gasteiger partial charge < -0.3 is 20.4 Å². The van der Waals surface area contributed by atoms with Crippen LogP contribution in [0, 0.1) is 0 Å². The van der Waals surface area contributed by atoms with Gasteiger partial charge in [-0.25, -0.2) is 0 Å². The molecule has 158 valence electrons. The number of likely N-dealkylation sites (tertiary alicyclic amines) is 1. The van der Waals surface area contributed by atoms with Gasteiger partial charge in [0.15, 0.2) is 5.96 Å². The minimum Gasteiger partial charge on any atom is -0.357 e. The summed E-state index contributed by atoms with van der Waals surface area (Å²) in [6.45, 7) is 17.5. The summed E-state index contributed by atoms with van der Waals surface area (Å²) in [6, 6.07) is 0.748. The van der Waals surface area contributed by atoms with Crippen LogP contribution in [-0.4, -0.2) is 97.6 Å². The predicted octanol–water partition coefficient (Wildman–Crippen LogP) is 1.20. The Morgan fingerprint density at radius 2 is 1.85 bits per heavy atom. The molecule has 0 bridgehead atoms. The quantitative estimate of drug-likeness (QED) is 0.317. The lowest BCUT2D eigenvalue weighted by molar-refractivity contribution is -0.129. The van der Waals surface area contributed by atoms with E-state index in [1.54, 1.807) is 0 Å². The Balaban J connectivity index is 0.00000364. The van der Waals surface area contributed by atoms with Gasteiger partial charge >= 0.3 is 0 Å². The number of amides is 1. The van der Waals surface area contributed by atoms with E-state index in [0.29, 0.717) is 18.5 Å². The number of guanidine groups is 1. The maximum Gasteiger partial charge on any atom is 0.222 e. The number of hydrogen-bond donors (Lipinski definition) is 2. The molecular weight excluding hydrogens is 455 g/mol. The Labute approximate surface area is 182 Å². The molecule has 2 aliphatic heterocycles. The molecule has 0 radical (unpaired) electrons. The molecule has 0 aromatic heterocycles. The fourth-order valence-electron chi connectivity index (χ4n) is 3.70. The summed E-state index contributed by atoms with van der Waals surface area (Å²) in [4.78, 5) is 23.7. The number of nitrogens with one attached hydrogen (secondary N) is 2. The van der Waals surface area contributed by atoms with Gasteiger partial charge in [-0.1, -0.05) is 13.8 Å². The fraction of sp³-hybridized carbons (Fsp3) is 0.895. The summed E-state index contributed by atoms with van der Waals surface area (Å²) in [6.07, 6.45) is 1.58. The minimum atomic E-state index is 0. The predicted molar refractivity (Wildman–Crippen MR) is 123 cm³/mol. The lowest BCUT2D eigenvalue weighted by atomic mass is 10.2. The lowest BCUT2D eigenvalue weighted by Crippen LogP contribution is -2.50. The van der Waals surface area contributed by atoms with Gasteiger partial charge in [0, 0.05) is 64.3 Å². The van der Waals surface area contributed by atoms with E-state index in [9.17, 15) is 4.79 Å². The second-order valence-corrected chi connectivity index (χ2v) is 7.36. The van der Waals surface area contributed by atoms with Gasteiger partial charge in [-0.05, 0) is 26.8 Å². The molecule has 2 rings (SSSR count). The van der Waals surface area contributed by atoms with Crippen molar-refractivity contribution in [1.82, 2.24) is 25.3 Å². The highest BCUT2D eigenvalue weighted by Gasteiger charge is 2.26. The lowest BCUT2D eigenvalue weighted by Gasteiger charge is -2.37. The first kappa shape index (κ1) is 24.4. The van der Waals surface area contributed by atoms with E-state index in [1.807, 2.05) is 11.8 Å². The van der Waals surface area contributed by atoms with Gasteiger partial charge in [0.05, 0.1) is 6.54 Å². The highest BCUT2D eigenvalue weighted by Crippen LogP contribution is 2.11. The van der Waals surface area contributed by atoms with E-state index in [2.05, 4.69) is 41.2 Å². The van der Waals surface area contributed by atoms with Crippen molar-refractivity contribution in [3.8, 4) is 0 Å². The molecule has 27 heavy (non-hydrogen) atoms. The Bertz CT molecular complexity index is 467. The van der Waals surface area contributed by atoms with Crippen LogP contribution in [0.5, 0.6) is 0 Å². The smallest absolute Gasteiger partial charge is 0.222 e. The molecule has 2 aliphatic rings. The average molecular weight is 494 g/mol. The first-order valence-electron chi connectivity index (χ1n) is 10.4. The summed E-state index contributed by atoms with van der Waals surface area (Å²) < 4.78 is 0. The van der Waals surface area contributed by atoms with Gasteiger partial charge in [-0.15, -0.1) is 24.0 Å². The average Bonchev–Trinajstić information content (AvgIpc) is 3.14. The number of carbonyl (C=O) groups is 1. The van der Waals surface area contributed by atoms with Crippen LogP contribution in [0.4, 0.5) is 0 Å². The van der Waals surface area contributed by atoms with Gasteiger partial charge in [0.1, 0.15) is 0 Å². The number of carbonyl (C=O) groups excluding carboxylic acids is 1. The van der Waals surface area contributed by atoms with Crippen LogP contribution in [0.15, 0.2) is 4.99 Å². The SMILES string of the molecule is CCNC(=NCC(C)N1CCN(CC)CC1)NC1CCN(C(=O)CC)C1.I. The minimum absolute atomic E-state index is 0. The first-order chi connectivity index (χ1) is 12.6. The van der Waals surface area contributed by atoms with Crippen molar-refractivity contribution in [3.05, 3.63) is 0 Å². The number of likely N-dealkylation sites (N-methyl/N-ethyl adjacent to an activating group) is 1. The van der Waals surface area contributed by atoms with Crippen LogP contribution < -0.4 is 10.6 Å². The molecule has 2 N–H and O–H groups in total. The number of nitrogens with zero attached hydrogens (tertiary/aromatic N) is 4. The van der Waals surface area contributed by atoms with E-state index in [0.717, 1.165) is 71.3 Å². The molecule has 2 heterocycles. The first-order valence-corrected chi connectivity index (χ1v) is 10.4. The summed E-state index contributed by atoms with van der Waals surface area (Å²) in [5, 5.41) is 6.87. The largest absolute Gasteiger partial charge is 0.357 e. The van der Waals surface area contributed by atoms with Crippen molar-refractivity contribution in [3.63, 3.8) is 0 Å². The maximum absolute atomic E-state index is 11.8. The molecule has 0 spiro atoms. The van der Waals surface area contributed by atoms with Crippen LogP contribution in [0.1, 0.15) is 40.5 Å². The number of rotatable bonds is 7. The molecule has 0 saturated carbocycles. The third-order valence-corrected chi connectivity index (χ3v) is 5.52. The standard InChI is InChI=1S/C19H38N6O.HI/c1-5-18(26)25-9-8-17(15-25)22-19(20-6-2)21-14-16(4)24-12-10-23(7-3)11-13-24;/h16-17H,5-15H2,1-4H3,(H2,20,21,22);1H. The Morgan fingerprint density at radius 3 is 2.44 bits per heavy atom. The zero-order valence-corrected chi connectivity index (χ0v) is 19.9. The third-order valence-electron chi connectivity index (χ3n) is 5.52. The molecule has 2 fully saturated rings. The van der Waals surface area contributed by atoms with Crippen LogP contribution in [-0.2, 0) is 4.79 Å². The van der Waals surface area contributed by atoms with Crippen molar-refractivity contribution in [2.45, 2.75) is 52.6 Å². The van der Waals surface area contributed by atoms with Gasteiger partial charge in [0.25, 0.3) is 0 Å². The highest BCUT2D eigenvalue weighted by atomic mass is 127. The Morgan fingerprint density at radius 1 is 1.15 bits per heavy atom. The van der Waals surface area contributed by atoms with Gasteiger partial charge in [0.2, 0.25) is 5.91 Å². The zero-order valence-electron chi connectivity index (χ0n) is 17.5. The third kappa shape index (κ3) is 7.73. The number of aliphatic imine (C=N–C) groups is 1. The van der Waals surface area contributed by atoms with Crippen molar-refractivity contribution in [1.29, 1.82) is 0 Å². The van der Waals surface area contributed by atoms with Crippen LogP contribution in [0.25, 0.3) is 0 Å². The summed E-state index contributed by atoms with van der Waals surface area (Å²) in [7, 11) is 0. The summed E-state index contributed by atoms with van der Waals surface area (Å²) in [5.41, 5.74) is 0. The molecule has 0 aromatic carbocycles. The zero-order chi connectivity index (χ0) is 18.9. The Kier molecular flexibility index (Phi) is 11.6. The van der Waals surface area contributed by atoms with Gasteiger partial charge in [-0.2, -0.15) is 0 Å². The van der Waals surface area contributed by atoms with Gasteiger partial charge in [-0.3, -0.25) is 14.7 Å². The molecular formula is C19H39IN6O. The van der Waals surface area contributed by atoms with E-state index in [4.69, 9.17) is 4.99 Å². The molecule has 2 atom stereocenters. The van der Waals surface area contributed by atoms with Crippen LogP contribution >= 0.6 is 24.0 Å². The molecule has 1 amide bonds. The Hall–Kier alpha value is -0.610. The molecule has 8 heteroatoms. The highest BCUT2D eigenvalue weighted by molar-refractivity contribution is 14.0. The van der Waals surface area contributed by atoms with E-state index < -0.39 is 0 Å². The van der Waals surface area contributed by atoms with Crippen molar-refractivity contribution >= 4 is 35.8 Å². The van der Waals surface area contributed by atoms with Crippen molar-refractivity contribution in [2.75, 3.05) is 58.9 Å². The number of halogens is 1. The number of piperazine rings is 1. The van der Waals surface area contributed by atoms with E-state index in [1.165, 1.54) is 0 Å². The van der Waals surface area contributed by atoms with Crippen LogP contribution in [0.2, 0.25) is 0 Å². The second-order valence-electron chi connectivity index (χ2n) is 7.36. The molecule has 0 aromatic rings. The number of hydrogen-bond acceptors (Lipinski definition) is 4. The van der Waals surface area contributed by atoms with E-state index in [-0.39, 0.29) is 29.9 Å². The van der Waals surface area contributed by atoms with Crippen LogP contribution in [0.3, 0.4) is 0 Å². The molecule has 2 unspecified atom stereocenters.